The van der Waals surface area contributed by atoms with Gasteiger partial charge in [-0.2, -0.15) is 0 Å². The second-order valence-electron chi connectivity index (χ2n) is 6.19. The maximum absolute atomic E-state index is 12.4. The molecule has 3 aromatic rings. The van der Waals surface area contributed by atoms with Crippen LogP contribution in [0.3, 0.4) is 0 Å². The predicted octanol–water partition coefficient (Wildman–Crippen LogP) is 4.29. The SMILES string of the molecule is Cc1ccc(C)n1-c1ccc(C(=O)Nc2nc3c(s2)CCC3)cc1. The van der Waals surface area contributed by atoms with Crippen molar-refractivity contribution in [3.63, 3.8) is 0 Å². The van der Waals surface area contributed by atoms with Crippen molar-refractivity contribution in [1.82, 2.24) is 9.55 Å². The van der Waals surface area contributed by atoms with E-state index in [1.807, 2.05) is 24.3 Å². The third kappa shape index (κ3) is 2.65. The summed E-state index contributed by atoms with van der Waals surface area (Å²) in [6, 6.07) is 11.9. The number of nitrogens with one attached hydrogen (secondary N) is 1. The lowest BCUT2D eigenvalue weighted by Crippen LogP contribution is -2.12. The molecule has 122 valence electrons. The number of amides is 1. The summed E-state index contributed by atoms with van der Waals surface area (Å²) in [7, 11) is 0. The van der Waals surface area contributed by atoms with Crippen LogP contribution in [-0.2, 0) is 12.8 Å². The third-order valence-electron chi connectivity index (χ3n) is 4.47. The van der Waals surface area contributed by atoms with Crippen LogP contribution in [0.5, 0.6) is 0 Å². The molecule has 0 unspecified atom stereocenters. The molecule has 0 aliphatic heterocycles. The minimum absolute atomic E-state index is 0.102. The molecule has 2 aromatic heterocycles. The molecule has 0 radical (unpaired) electrons. The largest absolute Gasteiger partial charge is 0.319 e. The van der Waals surface area contributed by atoms with Crippen LogP contribution in [0.4, 0.5) is 5.13 Å². The lowest BCUT2D eigenvalue weighted by molar-refractivity contribution is 0.102. The summed E-state index contributed by atoms with van der Waals surface area (Å²) in [6.45, 7) is 4.16. The number of hydrogen-bond acceptors (Lipinski definition) is 3. The van der Waals surface area contributed by atoms with E-state index in [0.29, 0.717) is 10.7 Å². The summed E-state index contributed by atoms with van der Waals surface area (Å²) in [4.78, 5) is 18.3. The number of aromatic nitrogens is 2. The molecule has 24 heavy (non-hydrogen) atoms. The van der Waals surface area contributed by atoms with Gasteiger partial charge in [-0.15, -0.1) is 11.3 Å². The molecule has 0 atom stereocenters. The first kappa shape index (κ1) is 15.1. The summed E-state index contributed by atoms with van der Waals surface area (Å²) in [5, 5.41) is 3.64. The summed E-state index contributed by atoms with van der Waals surface area (Å²) in [5.74, 6) is -0.102. The molecule has 1 aromatic carbocycles. The van der Waals surface area contributed by atoms with Crippen molar-refractivity contribution >= 4 is 22.4 Å². The van der Waals surface area contributed by atoms with Crippen LogP contribution in [0.15, 0.2) is 36.4 Å². The van der Waals surface area contributed by atoms with Crippen LogP contribution < -0.4 is 5.32 Å². The number of carbonyl (C=O) groups is 1. The van der Waals surface area contributed by atoms with E-state index in [1.165, 1.54) is 22.7 Å². The summed E-state index contributed by atoms with van der Waals surface area (Å²) in [5.41, 5.74) is 5.24. The topological polar surface area (TPSA) is 46.9 Å². The molecular weight excluding hydrogens is 318 g/mol. The van der Waals surface area contributed by atoms with E-state index in [9.17, 15) is 4.79 Å². The van der Waals surface area contributed by atoms with Gasteiger partial charge in [0.15, 0.2) is 5.13 Å². The fraction of sp³-hybridized carbons (Fsp3) is 0.263. The highest BCUT2D eigenvalue weighted by molar-refractivity contribution is 7.16. The zero-order valence-electron chi connectivity index (χ0n) is 13.8. The monoisotopic (exact) mass is 337 g/mol. The average Bonchev–Trinajstić information content (AvgIpc) is 3.23. The number of nitrogens with zero attached hydrogens (tertiary/aromatic N) is 2. The Bertz CT molecular complexity index is 864. The predicted molar refractivity (Wildman–Crippen MR) is 97.3 cm³/mol. The normalized spacial score (nSPS) is 13.1. The van der Waals surface area contributed by atoms with Gasteiger partial charge in [0.05, 0.1) is 5.69 Å². The van der Waals surface area contributed by atoms with Crippen molar-refractivity contribution in [2.24, 2.45) is 0 Å². The number of hydrogen-bond donors (Lipinski definition) is 1. The van der Waals surface area contributed by atoms with Gasteiger partial charge in [-0.1, -0.05) is 0 Å². The highest BCUT2D eigenvalue weighted by Gasteiger charge is 2.18. The van der Waals surface area contributed by atoms with Gasteiger partial charge in [0.1, 0.15) is 0 Å². The Morgan fingerprint density at radius 3 is 2.46 bits per heavy atom. The number of fused-ring (bicyclic) bond motifs is 1. The molecular formula is C19H19N3OS. The lowest BCUT2D eigenvalue weighted by Gasteiger charge is -2.10. The van der Waals surface area contributed by atoms with Crippen molar-refractivity contribution in [2.45, 2.75) is 33.1 Å². The molecule has 1 aliphatic carbocycles. The van der Waals surface area contributed by atoms with Gasteiger partial charge in [0, 0.05) is 27.5 Å². The fourth-order valence-corrected chi connectivity index (χ4v) is 4.30. The van der Waals surface area contributed by atoms with Gasteiger partial charge < -0.3 is 4.57 Å². The Balaban J connectivity index is 1.52. The zero-order valence-corrected chi connectivity index (χ0v) is 14.6. The maximum atomic E-state index is 12.4. The molecule has 2 heterocycles. The zero-order chi connectivity index (χ0) is 16.7. The van der Waals surface area contributed by atoms with Gasteiger partial charge in [-0.25, -0.2) is 4.98 Å². The maximum Gasteiger partial charge on any atom is 0.257 e. The molecule has 0 bridgehead atoms. The number of thiazole rings is 1. The minimum atomic E-state index is -0.102. The Morgan fingerprint density at radius 1 is 1.08 bits per heavy atom. The first-order valence-electron chi connectivity index (χ1n) is 8.17. The van der Waals surface area contributed by atoms with Crippen LogP contribution in [0.1, 0.15) is 38.7 Å². The average molecular weight is 337 g/mol. The van der Waals surface area contributed by atoms with Crippen LogP contribution >= 0.6 is 11.3 Å². The number of carbonyl (C=O) groups excluding carboxylic acids is 1. The van der Waals surface area contributed by atoms with Gasteiger partial charge in [0.25, 0.3) is 5.91 Å². The van der Waals surface area contributed by atoms with Crippen molar-refractivity contribution in [2.75, 3.05) is 5.32 Å². The van der Waals surface area contributed by atoms with Crippen LogP contribution in [-0.4, -0.2) is 15.5 Å². The van der Waals surface area contributed by atoms with E-state index in [1.54, 1.807) is 11.3 Å². The number of aryl methyl sites for hydroxylation is 4. The highest BCUT2D eigenvalue weighted by Crippen LogP contribution is 2.30. The van der Waals surface area contributed by atoms with Gasteiger partial charge >= 0.3 is 0 Å². The van der Waals surface area contributed by atoms with Crippen molar-refractivity contribution in [3.8, 4) is 5.69 Å². The number of benzene rings is 1. The van der Waals surface area contributed by atoms with E-state index in [2.05, 4.69) is 40.8 Å². The highest BCUT2D eigenvalue weighted by atomic mass is 32.1. The molecule has 1 amide bonds. The molecule has 1 aliphatic rings. The van der Waals surface area contributed by atoms with Gasteiger partial charge in [-0.3, -0.25) is 10.1 Å². The molecule has 0 fully saturated rings. The molecule has 1 N–H and O–H groups in total. The van der Waals surface area contributed by atoms with E-state index in [0.717, 1.165) is 24.2 Å². The Kier molecular flexibility index (Phi) is 3.73. The minimum Gasteiger partial charge on any atom is -0.319 e. The lowest BCUT2D eigenvalue weighted by atomic mass is 10.2. The van der Waals surface area contributed by atoms with Crippen LogP contribution in [0, 0.1) is 13.8 Å². The van der Waals surface area contributed by atoms with E-state index in [4.69, 9.17) is 0 Å². The van der Waals surface area contributed by atoms with E-state index < -0.39 is 0 Å². The van der Waals surface area contributed by atoms with E-state index >= 15 is 0 Å². The molecule has 4 rings (SSSR count). The number of rotatable bonds is 3. The number of anilines is 1. The van der Waals surface area contributed by atoms with Crippen molar-refractivity contribution in [1.29, 1.82) is 0 Å². The van der Waals surface area contributed by atoms with Crippen molar-refractivity contribution < 1.29 is 4.79 Å². The van der Waals surface area contributed by atoms with Crippen LogP contribution in [0.25, 0.3) is 5.69 Å². The standard InChI is InChI=1S/C19H19N3OS/c1-12-6-7-13(2)22(12)15-10-8-14(9-11-15)18(23)21-19-20-16-4-3-5-17(16)24-19/h6-11H,3-5H2,1-2H3,(H,20,21,23). The summed E-state index contributed by atoms with van der Waals surface area (Å²) < 4.78 is 2.17. The third-order valence-corrected chi connectivity index (χ3v) is 5.55. The first-order chi connectivity index (χ1) is 11.6. The van der Waals surface area contributed by atoms with Crippen LogP contribution in [0.2, 0.25) is 0 Å². The Labute approximate surface area is 145 Å². The molecule has 0 spiro atoms. The molecule has 0 saturated heterocycles. The molecule has 0 saturated carbocycles. The van der Waals surface area contributed by atoms with Gasteiger partial charge in [0.2, 0.25) is 0 Å². The summed E-state index contributed by atoms with van der Waals surface area (Å²) in [6.07, 6.45) is 3.31. The summed E-state index contributed by atoms with van der Waals surface area (Å²) >= 11 is 1.60. The molecule has 5 heteroatoms. The Hall–Kier alpha value is -2.40. The van der Waals surface area contributed by atoms with E-state index in [-0.39, 0.29) is 5.91 Å². The van der Waals surface area contributed by atoms with Gasteiger partial charge in [-0.05, 0) is 69.5 Å². The van der Waals surface area contributed by atoms with Crippen molar-refractivity contribution in [3.05, 3.63) is 63.9 Å². The molecule has 4 nitrogen and oxygen atoms in total. The second-order valence-corrected chi connectivity index (χ2v) is 7.28. The first-order valence-corrected chi connectivity index (χ1v) is 8.99. The quantitative estimate of drug-likeness (QED) is 0.775. The Morgan fingerprint density at radius 2 is 1.79 bits per heavy atom. The smallest absolute Gasteiger partial charge is 0.257 e. The fourth-order valence-electron chi connectivity index (χ4n) is 3.25. The second kappa shape index (κ2) is 5.91.